The van der Waals surface area contributed by atoms with Gasteiger partial charge in [-0.25, -0.2) is 0 Å². The number of nitrogens with one attached hydrogen (secondary N) is 1. The number of benzene rings is 1. The lowest BCUT2D eigenvalue weighted by atomic mass is 9.97. The summed E-state index contributed by atoms with van der Waals surface area (Å²) in [5.74, 6) is 0. The van der Waals surface area contributed by atoms with Crippen molar-refractivity contribution < 1.29 is 13.2 Å². The van der Waals surface area contributed by atoms with Crippen LogP contribution in [0.3, 0.4) is 0 Å². The molecule has 0 spiro atoms. The van der Waals surface area contributed by atoms with E-state index in [0.717, 1.165) is 30.4 Å². The van der Waals surface area contributed by atoms with Gasteiger partial charge in [-0.15, -0.1) is 0 Å². The van der Waals surface area contributed by atoms with Crippen molar-refractivity contribution >= 4 is 16.5 Å². The summed E-state index contributed by atoms with van der Waals surface area (Å²) in [6.07, 6.45) is 0.0327. The second-order valence-corrected chi connectivity index (χ2v) is 5.19. The van der Waals surface area contributed by atoms with Gasteiger partial charge in [0.05, 0.1) is 5.56 Å². The molecule has 1 aromatic heterocycles. The minimum Gasteiger partial charge on any atom is -0.322 e. The highest BCUT2D eigenvalue weighted by atomic mass is 19.4. The zero-order valence-electron chi connectivity index (χ0n) is 12.6. The Hall–Kier alpha value is -2.04. The van der Waals surface area contributed by atoms with Crippen molar-refractivity contribution in [3.8, 4) is 0 Å². The van der Waals surface area contributed by atoms with Crippen LogP contribution in [0.4, 0.5) is 13.2 Å². The van der Waals surface area contributed by atoms with E-state index in [1.807, 2.05) is 19.9 Å². The molecule has 2 aromatic rings. The maximum Gasteiger partial charge on any atom is 0.417 e. The summed E-state index contributed by atoms with van der Waals surface area (Å²) in [5.41, 5.74) is 0.377. The lowest BCUT2D eigenvalue weighted by molar-refractivity contribution is -0.136. The van der Waals surface area contributed by atoms with Gasteiger partial charge in [0.15, 0.2) is 0 Å². The molecule has 0 unspecified atom stereocenters. The first kappa shape index (κ1) is 16.3. The number of rotatable bonds is 4. The number of aromatic amines is 1. The Morgan fingerprint density at radius 3 is 2.55 bits per heavy atom. The van der Waals surface area contributed by atoms with Crippen molar-refractivity contribution in [1.82, 2.24) is 4.98 Å². The van der Waals surface area contributed by atoms with Gasteiger partial charge in [-0.3, -0.25) is 4.79 Å². The molecule has 5 heteroatoms. The highest BCUT2D eigenvalue weighted by Crippen LogP contribution is 2.34. The third-order valence-corrected chi connectivity index (χ3v) is 3.49. The second-order valence-electron chi connectivity index (χ2n) is 5.19. The van der Waals surface area contributed by atoms with Crippen LogP contribution in [0.2, 0.25) is 0 Å². The standard InChI is InChI=1S/C17H18F3NO/c1-3-5-11(6-4-2)12-7-8-15-13(9-12)14(17(18,19)20)10-16(22)21-15/h5,7-10H,3-4,6H2,1-2H3,(H,21,22)/b11-5+. The maximum atomic E-state index is 13.2. The van der Waals surface area contributed by atoms with E-state index < -0.39 is 17.3 Å². The number of aromatic nitrogens is 1. The number of allylic oxidation sites excluding steroid dienone is 2. The molecule has 118 valence electrons. The highest BCUT2D eigenvalue weighted by Gasteiger charge is 2.33. The summed E-state index contributed by atoms with van der Waals surface area (Å²) in [5, 5.41) is 0.0303. The number of pyridine rings is 1. The van der Waals surface area contributed by atoms with Crippen molar-refractivity contribution in [1.29, 1.82) is 0 Å². The number of alkyl halides is 3. The smallest absolute Gasteiger partial charge is 0.322 e. The van der Waals surface area contributed by atoms with E-state index in [4.69, 9.17) is 0 Å². The monoisotopic (exact) mass is 309 g/mol. The third-order valence-electron chi connectivity index (χ3n) is 3.49. The molecule has 1 N–H and O–H groups in total. The van der Waals surface area contributed by atoms with Crippen LogP contribution >= 0.6 is 0 Å². The molecular formula is C17H18F3NO. The Morgan fingerprint density at radius 1 is 1.23 bits per heavy atom. The Kier molecular flexibility index (Phi) is 4.74. The normalized spacial score (nSPS) is 12.9. The van der Waals surface area contributed by atoms with Gasteiger partial charge in [-0.05, 0) is 36.1 Å². The maximum absolute atomic E-state index is 13.2. The summed E-state index contributed by atoms with van der Waals surface area (Å²) in [6, 6.07) is 5.44. The first-order valence-corrected chi connectivity index (χ1v) is 7.30. The Morgan fingerprint density at radius 2 is 1.95 bits per heavy atom. The van der Waals surface area contributed by atoms with E-state index in [2.05, 4.69) is 4.98 Å². The molecule has 0 amide bonds. The van der Waals surface area contributed by atoms with Gasteiger partial charge in [0.1, 0.15) is 0 Å². The number of fused-ring (bicyclic) bond motifs is 1. The third kappa shape index (κ3) is 3.40. The van der Waals surface area contributed by atoms with Gasteiger partial charge in [0, 0.05) is 17.0 Å². The van der Waals surface area contributed by atoms with Crippen molar-refractivity contribution in [2.24, 2.45) is 0 Å². The van der Waals surface area contributed by atoms with Crippen LogP contribution in [0, 0.1) is 0 Å². The lowest BCUT2D eigenvalue weighted by Gasteiger charge is -2.12. The van der Waals surface area contributed by atoms with Crippen molar-refractivity contribution in [2.45, 2.75) is 39.3 Å². The number of halogens is 3. The number of hydrogen-bond donors (Lipinski definition) is 1. The van der Waals surface area contributed by atoms with Gasteiger partial charge in [0.2, 0.25) is 5.56 Å². The quantitative estimate of drug-likeness (QED) is 0.833. The molecule has 1 heterocycles. The summed E-state index contributed by atoms with van der Waals surface area (Å²) >= 11 is 0. The Bertz CT molecular complexity index is 757. The fraction of sp³-hybridized carbons (Fsp3) is 0.353. The van der Waals surface area contributed by atoms with E-state index >= 15 is 0 Å². The van der Waals surface area contributed by atoms with E-state index in [9.17, 15) is 18.0 Å². The lowest BCUT2D eigenvalue weighted by Crippen LogP contribution is -2.14. The van der Waals surface area contributed by atoms with Crippen molar-refractivity contribution in [3.05, 3.63) is 51.8 Å². The van der Waals surface area contributed by atoms with Crippen LogP contribution in [-0.2, 0) is 6.18 Å². The minimum absolute atomic E-state index is 0.0303. The van der Waals surface area contributed by atoms with Gasteiger partial charge in [0.25, 0.3) is 0 Å². The van der Waals surface area contributed by atoms with Crippen LogP contribution in [0.25, 0.3) is 16.5 Å². The topological polar surface area (TPSA) is 32.9 Å². The van der Waals surface area contributed by atoms with Crippen LogP contribution in [0.15, 0.2) is 35.1 Å². The summed E-state index contributed by atoms with van der Waals surface area (Å²) in [4.78, 5) is 13.9. The zero-order valence-corrected chi connectivity index (χ0v) is 12.6. The SMILES string of the molecule is CC/C=C(\CCC)c1ccc2[nH]c(=O)cc(C(F)(F)F)c2c1. The first-order valence-electron chi connectivity index (χ1n) is 7.30. The fourth-order valence-electron chi connectivity index (χ4n) is 2.57. The van der Waals surface area contributed by atoms with Crippen molar-refractivity contribution in [2.75, 3.05) is 0 Å². The van der Waals surface area contributed by atoms with Gasteiger partial charge < -0.3 is 4.98 Å². The molecule has 0 saturated carbocycles. The number of H-pyrrole nitrogens is 1. The molecule has 0 bridgehead atoms. The highest BCUT2D eigenvalue weighted by molar-refractivity contribution is 5.86. The molecule has 0 aliphatic heterocycles. The van der Waals surface area contributed by atoms with Crippen LogP contribution in [0.1, 0.15) is 44.2 Å². The van der Waals surface area contributed by atoms with E-state index in [-0.39, 0.29) is 10.9 Å². The predicted molar refractivity (Wildman–Crippen MR) is 82.7 cm³/mol. The molecule has 0 atom stereocenters. The van der Waals surface area contributed by atoms with E-state index in [1.165, 1.54) is 6.07 Å². The molecule has 2 rings (SSSR count). The molecular weight excluding hydrogens is 291 g/mol. The molecule has 0 fully saturated rings. The summed E-state index contributed by atoms with van der Waals surface area (Å²) in [6.45, 7) is 4.03. The number of hydrogen-bond acceptors (Lipinski definition) is 1. The first-order chi connectivity index (χ1) is 10.4. The largest absolute Gasteiger partial charge is 0.417 e. The molecule has 22 heavy (non-hydrogen) atoms. The van der Waals surface area contributed by atoms with E-state index in [1.54, 1.807) is 12.1 Å². The van der Waals surface area contributed by atoms with Gasteiger partial charge in [-0.1, -0.05) is 32.4 Å². The average Bonchev–Trinajstić information content (AvgIpc) is 2.44. The second kappa shape index (κ2) is 6.38. The Balaban J connectivity index is 2.70. The predicted octanol–water partition coefficient (Wildman–Crippen LogP) is 5.14. The van der Waals surface area contributed by atoms with Gasteiger partial charge >= 0.3 is 6.18 Å². The van der Waals surface area contributed by atoms with E-state index in [0.29, 0.717) is 6.07 Å². The van der Waals surface area contributed by atoms with Crippen LogP contribution in [0.5, 0.6) is 0 Å². The summed E-state index contributed by atoms with van der Waals surface area (Å²) in [7, 11) is 0. The molecule has 0 saturated heterocycles. The van der Waals surface area contributed by atoms with Gasteiger partial charge in [-0.2, -0.15) is 13.2 Å². The molecule has 0 aliphatic carbocycles. The van der Waals surface area contributed by atoms with Crippen LogP contribution < -0.4 is 5.56 Å². The van der Waals surface area contributed by atoms with Crippen LogP contribution in [-0.4, -0.2) is 4.98 Å². The fourth-order valence-corrected chi connectivity index (χ4v) is 2.57. The minimum atomic E-state index is -4.55. The zero-order chi connectivity index (χ0) is 16.3. The molecule has 0 radical (unpaired) electrons. The summed E-state index contributed by atoms with van der Waals surface area (Å²) < 4.78 is 39.5. The molecule has 0 aliphatic rings. The van der Waals surface area contributed by atoms with Crippen molar-refractivity contribution in [3.63, 3.8) is 0 Å². The average molecular weight is 309 g/mol. The Labute approximate surface area is 126 Å². The molecule has 1 aromatic carbocycles. The molecule has 2 nitrogen and oxygen atoms in total.